The minimum absolute atomic E-state index is 0.245. The van der Waals surface area contributed by atoms with Crippen LogP contribution in [0, 0.1) is 0 Å². The molecule has 1 saturated carbocycles. The van der Waals surface area contributed by atoms with Gasteiger partial charge < -0.3 is 10.5 Å². The lowest BCUT2D eigenvalue weighted by molar-refractivity contribution is -0.137. The van der Waals surface area contributed by atoms with Gasteiger partial charge in [0.1, 0.15) is 0 Å². The highest BCUT2D eigenvalue weighted by Gasteiger charge is 2.30. The van der Waals surface area contributed by atoms with Crippen molar-refractivity contribution in [1.29, 1.82) is 0 Å². The van der Waals surface area contributed by atoms with Gasteiger partial charge in [-0.25, -0.2) is 0 Å². The minimum Gasteiger partial charge on any atom is -0.382 e. The molecule has 2 unspecified atom stereocenters. The van der Waals surface area contributed by atoms with E-state index in [-0.39, 0.29) is 6.04 Å². The van der Waals surface area contributed by atoms with Crippen LogP contribution in [0.4, 0.5) is 18.9 Å². The van der Waals surface area contributed by atoms with Crippen molar-refractivity contribution in [3.8, 4) is 0 Å². The smallest absolute Gasteiger partial charge is 0.382 e. The third-order valence-corrected chi connectivity index (χ3v) is 3.64. The first-order valence-corrected chi connectivity index (χ1v) is 6.60. The van der Waals surface area contributed by atoms with Gasteiger partial charge in [0.2, 0.25) is 0 Å². The fraction of sp³-hybridized carbons (Fsp3) is 0.538. The Labute approximate surface area is 112 Å². The summed E-state index contributed by atoms with van der Waals surface area (Å²) in [4.78, 5) is 0. The number of alkyl halides is 3. The summed E-state index contributed by atoms with van der Waals surface area (Å²) in [5, 5.41) is 6.45. The molecule has 19 heavy (non-hydrogen) atoms. The molecule has 0 heterocycles. The first kappa shape index (κ1) is 14.2. The van der Waals surface area contributed by atoms with Crippen LogP contribution in [0.1, 0.15) is 31.2 Å². The zero-order chi connectivity index (χ0) is 13.9. The average molecular weight is 270 g/mol. The quantitative estimate of drug-likeness (QED) is 0.825. The summed E-state index contributed by atoms with van der Waals surface area (Å²) >= 11 is 0. The van der Waals surface area contributed by atoms with E-state index in [1.807, 2.05) is 7.98 Å². The predicted molar refractivity (Wildman–Crippen MR) is 72.8 cm³/mol. The van der Waals surface area contributed by atoms with E-state index in [2.05, 4.69) is 10.5 Å². The third-order valence-electron chi connectivity index (χ3n) is 3.64. The van der Waals surface area contributed by atoms with Gasteiger partial charge in [-0.05, 0) is 49.9 Å². The molecule has 0 amide bonds. The number of hydrogen-bond donors (Lipinski definition) is 2. The zero-order valence-corrected chi connectivity index (χ0v) is 10.9. The van der Waals surface area contributed by atoms with Crippen molar-refractivity contribution in [2.24, 2.45) is 0 Å². The standard InChI is InChI=1S/C13H18BF3N2/c14-19-12-6-2-5-11(8-12)18-10-4-1-3-9(7-10)13(15,16)17/h1,3-4,7,11-12,18-19H,2,5-6,8,14H2. The lowest BCUT2D eigenvalue weighted by Gasteiger charge is -2.30. The summed E-state index contributed by atoms with van der Waals surface area (Å²) in [6.07, 6.45) is -0.0850. The van der Waals surface area contributed by atoms with E-state index < -0.39 is 11.7 Å². The SMILES string of the molecule is BNC1CCCC(Nc2cccc(C(F)(F)F)c2)C1. The van der Waals surface area contributed by atoms with Crippen molar-refractivity contribution >= 4 is 13.7 Å². The van der Waals surface area contributed by atoms with Gasteiger partial charge in [-0.2, -0.15) is 13.2 Å². The van der Waals surface area contributed by atoms with E-state index in [0.717, 1.165) is 31.7 Å². The average Bonchev–Trinajstić information content (AvgIpc) is 2.38. The molecule has 1 fully saturated rings. The van der Waals surface area contributed by atoms with Crippen LogP contribution >= 0.6 is 0 Å². The summed E-state index contributed by atoms with van der Waals surface area (Å²) in [7, 11) is 1.93. The Hall–Kier alpha value is -1.17. The largest absolute Gasteiger partial charge is 0.416 e. The van der Waals surface area contributed by atoms with Gasteiger partial charge in [-0.3, -0.25) is 0 Å². The van der Waals surface area contributed by atoms with Crippen molar-refractivity contribution < 1.29 is 13.2 Å². The van der Waals surface area contributed by atoms with Crippen molar-refractivity contribution in [1.82, 2.24) is 5.23 Å². The maximum absolute atomic E-state index is 12.6. The van der Waals surface area contributed by atoms with Crippen LogP contribution in [0.15, 0.2) is 24.3 Å². The van der Waals surface area contributed by atoms with Crippen molar-refractivity contribution in [3.63, 3.8) is 0 Å². The van der Waals surface area contributed by atoms with Gasteiger partial charge >= 0.3 is 6.18 Å². The van der Waals surface area contributed by atoms with Gasteiger partial charge in [0, 0.05) is 11.7 Å². The zero-order valence-electron chi connectivity index (χ0n) is 10.9. The van der Waals surface area contributed by atoms with E-state index in [9.17, 15) is 13.2 Å². The lowest BCUT2D eigenvalue weighted by atomic mass is 9.90. The van der Waals surface area contributed by atoms with Crippen LogP contribution < -0.4 is 10.5 Å². The van der Waals surface area contributed by atoms with Crippen LogP contribution in [-0.4, -0.2) is 20.1 Å². The molecule has 1 aromatic carbocycles. The van der Waals surface area contributed by atoms with E-state index in [0.29, 0.717) is 11.7 Å². The van der Waals surface area contributed by atoms with Crippen molar-refractivity contribution in [2.45, 2.75) is 43.9 Å². The molecule has 0 spiro atoms. The highest BCUT2D eigenvalue weighted by atomic mass is 19.4. The highest BCUT2D eigenvalue weighted by Crippen LogP contribution is 2.31. The van der Waals surface area contributed by atoms with Gasteiger partial charge in [0.05, 0.1) is 5.56 Å². The molecule has 1 aliphatic rings. The topological polar surface area (TPSA) is 24.1 Å². The van der Waals surface area contributed by atoms with Crippen LogP contribution in [0.5, 0.6) is 0 Å². The van der Waals surface area contributed by atoms with Crippen molar-refractivity contribution in [2.75, 3.05) is 5.32 Å². The summed E-state index contributed by atoms with van der Waals surface area (Å²) in [5.74, 6) is 0. The lowest BCUT2D eigenvalue weighted by Crippen LogP contribution is -2.37. The summed E-state index contributed by atoms with van der Waals surface area (Å²) in [5.41, 5.74) is -0.0462. The molecule has 2 rings (SSSR count). The molecular formula is C13H18BF3N2. The van der Waals surface area contributed by atoms with E-state index >= 15 is 0 Å². The minimum atomic E-state index is -4.28. The van der Waals surface area contributed by atoms with Gasteiger partial charge in [0.15, 0.2) is 7.98 Å². The fourth-order valence-corrected chi connectivity index (χ4v) is 2.60. The van der Waals surface area contributed by atoms with Crippen LogP contribution in [0.2, 0.25) is 0 Å². The highest BCUT2D eigenvalue weighted by molar-refractivity contribution is 6.04. The van der Waals surface area contributed by atoms with E-state index in [1.54, 1.807) is 6.07 Å². The monoisotopic (exact) mass is 270 g/mol. The number of halogens is 3. The molecule has 2 nitrogen and oxygen atoms in total. The first-order chi connectivity index (χ1) is 8.99. The van der Waals surface area contributed by atoms with E-state index in [1.165, 1.54) is 12.1 Å². The molecule has 2 N–H and O–H groups in total. The normalized spacial score (nSPS) is 24.2. The second-order valence-corrected chi connectivity index (χ2v) is 5.07. The number of rotatable bonds is 3. The van der Waals surface area contributed by atoms with Crippen molar-refractivity contribution in [3.05, 3.63) is 29.8 Å². The molecule has 2 atom stereocenters. The third kappa shape index (κ3) is 3.90. The van der Waals surface area contributed by atoms with Gasteiger partial charge in [-0.15, -0.1) is 0 Å². The van der Waals surface area contributed by atoms with Crippen LogP contribution in [0.3, 0.4) is 0 Å². The molecule has 6 heteroatoms. The Kier molecular flexibility index (Phi) is 4.40. The van der Waals surface area contributed by atoms with Crippen LogP contribution in [0.25, 0.3) is 0 Å². The molecular weight excluding hydrogens is 252 g/mol. The van der Waals surface area contributed by atoms with E-state index in [4.69, 9.17) is 0 Å². The Balaban J connectivity index is 2.03. The Morgan fingerprint density at radius 1 is 1.16 bits per heavy atom. The number of hydrogen-bond acceptors (Lipinski definition) is 2. The number of benzene rings is 1. The fourth-order valence-electron chi connectivity index (χ4n) is 2.60. The Bertz CT molecular complexity index is 423. The number of nitrogens with one attached hydrogen (secondary N) is 2. The molecule has 0 saturated heterocycles. The summed E-state index contributed by atoms with van der Waals surface area (Å²) in [6.45, 7) is 0. The molecule has 1 aromatic rings. The molecule has 104 valence electrons. The second kappa shape index (κ2) is 5.86. The van der Waals surface area contributed by atoms with Gasteiger partial charge in [-0.1, -0.05) is 6.07 Å². The predicted octanol–water partition coefficient (Wildman–Crippen LogP) is 2.57. The first-order valence-electron chi connectivity index (χ1n) is 6.60. The summed E-state index contributed by atoms with van der Waals surface area (Å²) < 4.78 is 37.9. The second-order valence-electron chi connectivity index (χ2n) is 5.07. The van der Waals surface area contributed by atoms with Gasteiger partial charge in [0.25, 0.3) is 0 Å². The van der Waals surface area contributed by atoms with Crippen LogP contribution in [-0.2, 0) is 6.18 Å². The maximum atomic E-state index is 12.6. The molecule has 1 aliphatic carbocycles. The molecule has 0 aliphatic heterocycles. The maximum Gasteiger partial charge on any atom is 0.416 e. The Morgan fingerprint density at radius 2 is 1.89 bits per heavy atom. The Morgan fingerprint density at radius 3 is 2.58 bits per heavy atom. The molecule has 0 bridgehead atoms. The molecule has 0 radical (unpaired) electrons. The summed E-state index contributed by atoms with van der Waals surface area (Å²) in [6, 6.07) is 6.12. The molecule has 0 aromatic heterocycles. The number of anilines is 1.